The number of aromatic nitrogens is 2. The minimum atomic E-state index is -0.700. The summed E-state index contributed by atoms with van der Waals surface area (Å²) in [5.41, 5.74) is 1.29. The lowest BCUT2D eigenvalue weighted by atomic mass is 10.1. The first kappa shape index (κ1) is 17.0. The van der Waals surface area contributed by atoms with Crippen molar-refractivity contribution in [1.82, 2.24) is 19.6 Å². The quantitative estimate of drug-likeness (QED) is 0.865. The Morgan fingerprint density at radius 2 is 1.86 bits per heavy atom. The molecule has 124 valence electrons. The Hall–Kier alpha value is -1.40. The highest BCUT2D eigenvalue weighted by Gasteiger charge is 2.19. The normalized spacial score (nSPS) is 17.8. The van der Waals surface area contributed by atoms with E-state index in [4.69, 9.17) is 5.11 Å². The van der Waals surface area contributed by atoms with Gasteiger partial charge in [0.1, 0.15) is 0 Å². The van der Waals surface area contributed by atoms with Gasteiger partial charge in [-0.3, -0.25) is 14.4 Å². The number of hydrogen-bond acceptors (Lipinski definition) is 4. The lowest BCUT2D eigenvalue weighted by Gasteiger charge is -2.34. The summed E-state index contributed by atoms with van der Waals surface area (Å²) in [6.45, 7) is 12.4. The molecule has 0 aromatic carbocycles. The van der Waals surface area contributed by atoms with E-state index in [0.29, 0.717) is 0 Å². The predicted octanol–water partition coefficient (Wildman–Crippen LogP) is 1.62. The number of carboxylic acid groups (broad SMARTS) is 1. The summed E-state index contributed by atoms with van der Waals surface area (Å²) in [6, 6.07) is 0. The largest absolute Gasteiger partial charge is 0.481 e. The lowest BCUT2D eigenvalue weighted by molar-refractivity contribution is -0.137. The molecule has 0 spiro atoms. The zero-order valence-electron chi connectivity index (χ0n) is 14.0. The molecule has 6 heteroatoms. The summed E-state index contributed by atoms with van der Waals surface area (Å²) in [5, 5.41) is 13.1. The number of carboxylic acids is 1. The van der Waals surface area contributed by atoms with Crippen molar-refractivity contribution in [3.63, 3.8) is 0 Å². The van der Waals surface area contributed by atoms with Crippen LogP contribution in [0.3, 0.4) is 0 Å². The van der Waals surface area contributed by atoms with Crippen LogP contribution in [0.25, 0.3) is 0 Å². The number of rotatable bonds is 6. The fourth-order valence-corrected chi connectivity index (χ4v) is 2.69. The third kappa shape index (κ3) is 5.10. The lowest BCUT2D eigenvalue weighted by Crippen LogP contribution is -2.46. The van der Waals surface area contributed by atoms with E-state index in [-0.39, 0.29) is 12.0 Å². The minimum absolute atomic E-state index is 0.0289. The van der Waals surface area contributed by atoms with Crippen molar-refractivity contribution in [2.24, 2.45) is 0 Å². The molecular formula is C16H28N4O2. The molecule has 0 amide bonds. The number of piperazine rings is 1. The molecule has 0 bridgehead atoms. The van der Waals surface area contributed by atoms with Gasteiger partial charge in [0.25, 0.3) is 0 Å². The molecule has 0 saturated carbocycles. The van der Waals surface area contributed by atoms with Crippen molar-refractivity contribution >= 4 is 5.97 Å². The Balaban J connectivity index is 1.73. The highest BCUT2D eigenvalue weighted by molar-refractivity contribution is 5.66. The second-order valence-corrected chi connectivity index (χ2v) is 7.08. The SMILES string of the molecule is CC(C)(C)n1cc(CN2CCN(CCCC(=O)O)CC2)cn1. The van der Waals surface area contributed by atoms with Crippen molar-refractivity contribution < 1.29 is 9.90 Å². The second-order valence-electron chi connectivity index (χ2n) is 7.08. The first-order valence-electron chi connectivity index (χ1n) is 8.05. The molecule has 1 aliphatic rings. The number of hydrogen-bond donors (Lipinski definition) is 1. The minimum Gasteiger partial charge on any atom is -0.481 e. The third-order valence-electron chi connectivity index (χ3n) is 4.06. The summed E-state index contributed by atoms with van der Waals surface area (Å²) in [7, 11) is 0. The van der Waals surface area contributed by atoms with Gasteiger partial charge in [-0.2, -0.15) is 5.10 Å². The van der Waals surface area contributed by atoms with Gasteiger partial charge in [0.2, 0.25) is 0 Å². The summed E-state index contributed by atoms with van der Waals surface area (Å²) in [5.74, 6) is -0.700. The highest BCUT2D eigenvalue weighted by Crippen LogP contribution is 2.15. The Bertz CT molecular complexity index is 485. The van der Waals surface area contributed by atoms with E-state index in [2.05, 4.69) is 41.9 Å². The number of nitrogens with zero attached hydrogens (tertiary/aromatic N) is 4. The molecule has 1 aliphatic heterocycles. The van der Waals surface area contributed by atoms with Gasteiger partial charge in [-0.15, -0.1) is 0 Å². The molecule has 0 atom stereocenters. The summed E-state index contributed by atoms with van der Waals surface area (Å²) < 4.78 is 2.02. The fourth-order valence-electron chi connectivity index (χ4n) is 2.69. The van der Waals surface area contributed by atoms with Crippen LogP contribution in [0, 0.1) is 0 Å². The molecule has 1 aromatic rings. The van der Waals surface area contributed by atoms with E-state index in [1.54, 1.807) is 0 Å². The first-order valence-corrected chi connectivity index (χ1v) is 8.05. The zero-order chi connectivity index (χ0) is 16.2. The Labute approximate surface area is 132 Å². The molecule has 1 saturated heterocycles. The average molecular weight is 308 g/mol. The van der Waals surface area contributed by atoms with Crippen LogP contribution < -0.4 is 0 Å². The van der Waals surface area contributed by atoms with Crippen LogP contribution >= 0.6 is 0 Å². The molecule has 6 nitrogen and oxygen atoms in total. The van der Waals surface area contributed by atoms with Gasteiger partial charge in [0, 0.05) is 50.9 Å². The van der Waals surface area contributed by atoms with Gasteiger partial charge >= 0.3 is 5.97 Å². The maximum Gasteiger partial charge on any atom is 0.303 e. The molecule has 22 heavy (non-hydrogen) atoms. The second kappa shape index (κ2) is 7.24. The van der Waals surface area contributed by atoms with Gasteiger partial charge in [-0.05, 0) is 33.7 Å². The Kier molecular flexibility index (Phi) is 5.58. The fraction of sp³-hybridized carbons (Fsp3) is 0.750. The van der Waals surface area contributed by atoms with Crippen molar-refractivity contribution in [3.8, 4) is 0 Å². The topological polar surface area (TPSA) is 61.6 Å². The van der Waals surface area contributed by atoms with E-state index < -0.39 is 5.97 Å². The summed E-state index contributed by atoms with van der Waals surface area (Å²) in [6.07, 6.45) is 5.11. The van der Waals surface area contributed by atoms with Crippen LogP contribution in [0.5, 0.6) is 0 Å². The van der Waals surface area contributed by atoms with E-state index in [9.17, 15) is 4.79 Å². The van der Waals surface area contributed by atoms with Gasteiger partial charge in [-0.25, -0.2) is 0 Å². The van der Waals surface area contributed by atoms with Crippen LogP contribution in [0.15, 0.2) is 12.4 Å². The summed E-state index contributed by atoms with van der Waals surface area (Å²) in [4.78, 5) is 15.3. The van der Waals surface area contributed by atoms with Crippen LogP contribution in [0.4, 0.5) is 0 Å². The molecule has 1 aromatic heterocycles. The first-order chi connectivity index (χ1) is 10.3. The molecule has 0 aliphatic carbocycles. The summed E-state index contributed by atoms with van der Waals surface area (Å²) >= 11 is 0. The van der Waals surface area contributed by atoms with E-state index >= 15 is 0 Å². The van der Waals surface area contributed by atoms with Crippen molar-refractivity contribution in [2.45, 2.75) is 45.7 Å². The van der Waals surface area contributed by atoms with Crippen LogP contribution in [0.2, 0.25) is 0 Å². The van der Waals surface area contributed by atoms with Gasteiger partial charge in [0.05, 0.1) is 11.7 Å². The molecule has 0 radical (unpaired) electrons. The Morgan fingerprint density at radius 3 is 2.41 bits per heavy atom. The maximum atomic E-state index is 10.5. The molecular weight excluding hydrogens is 280 g/mol. The number of aliphatic carboxylic acids is 1. The maximum absolute atomic E-state index is 10.5. The number of carbonyl (C=O) groups is 1. The molecule has 1 N–H and O–H groups in total. The highest BCUT2D eigenvalue weighted by atomic mass is 16.4. The monoisotopic (exact) mass is 308 g/mol. The van der Waals surface area contributed by atoms with E-state index in [0.717, 1.165) is 45.7 Å². The predicted molar refractivity (Wildman–Crippen MR) is 85.8 cm³/mol. The third-order valence-corrected chi connectivity index (χ3v) is 4.06. The van der Waals surface area contributed by atoms with Crippen molar-refractivity contribution in [3.05, 3.63) is 18.0 Å². The van der Waals surface area contributed by atoms with Gasteiger partial charge in [-0.1, -0.05) is 0 Å². The average Bonchev–Trinajstić information content (AvgIpc) is 2.89. The van der Waals surface area contributed by atoms with Crippen LogP contribution in [0.1, 0.15) is 39.2 Å². The standard InChI is InChI=1S/C16H28N4O2/c1-16(2,3)20-13-14(11-17-20)12-19-9-7-18(8-10-19)6-4-5-15(21)22/h11,13H,4-10,12H2,1-3H3,(H,21,22). The molecule has 2 rings (SSSR count). The smallest absolute Gasteiger partial charge is 0.303 e. The van der Waals surface area contributed by atoms with Crippen molar-refractivity contribution in [1.29, 1.82) is 0 Å². The molecule has 0 unspecified atom stereocenters. The molecule has 1 fully saturated rings. The van der Waals surface area contributed by atoms with Crippen LogP contribution in [-0.4, -0.2) is 63.4 Å². The van der Waals surface area contributed by atoms with Gasteiger partial charge in [0.15, 0.2) is 0 Å². The zero-order valence-corrected chi connectivity index (χ0v) is 14.0. The van der Waals surface area contributed by atoms with Gasteiger partial charge < -0.3 is 10.0 Å². The molecule has 2 heterocycles. The van der Waals surface area contributed by atoms with E-state index in [1.807, 2.05) is 10.9 Å². The van der Waals surface area contributed by atoms with Crippen molar-refractivity contribution in [2.75, 3.05) is 32.7 Å². The van der Waals surface area contributed by atoms with E-state index in [1.165, 1.54) is 5.56 Å². The van der Waals surface area contributed by atoms with Crippen LogP contribution in [-0.2, 0) is 16.9 Å². The Morgan fingerprint density at radius 1 is 1.23 bits per heavy atom.